The van der Waals surface area contributed by atoms with Crippen molar-refractivity contribution >= 4 is 0 Å². The highest BCUT2D eigenvalue weighted by molar-refractivity contribution is 5.30. The van der Waals surface area contributed by atoms with E-state index in [-0.39, 0.29) is 6.61 Å². The van der Waals surface area contributed by atoms with Crippen molar-refractivity contribution in [3.8, 4) is 5.82 Å². The van der Waals surface area contributed by atoms with Gasteiger partial charge in [0.05, 0.1) is 0 Å². The van der Waals surface area contributed by atoms with Gasteiger partial charge in [0.1, 0.15) is 17.5 Å². The van der Waals surface area contributed by atoms with E-state index >= 15 is 0 Å². The predicted molar refractivity (Wildman–Crippen MR) is 73.7 cm³/mol. The molecule has 2 atom stereocenters. The molecule has 1 aliphatic rings. The molecule has 106 valence electrons. The summed E-state index contributed by atoms with van der Waals surface area (Å²) < 4.78 is 1.76. The molecule has 0 bridgehead atoms. The van der Waals surface area contributed by atoms with E-state index in [0.29, 0.717) is 11.8 Å². The average molecular weight is 273 g/mol. The van der Waals surface area contributed by atoms with E-state index in [9.17, 15) is 5.11 Å². The predicted octanol–water partition coefficient (Wildman–Crippen LogP) is 1.33. The maximum atomic E-state index is 9.23. The molecule has 6 nitrogen and oxygen atoms in total. The summed E-state index contributed by atoms with van der Waals surface area (Å²) in [5.74, 6) is 3.85. The summed E-state index contributed by atoms with van der Waals surface area (Å²) >= 11 is 0. The fraction of sp³-hybridized carbons (Fsp3) is 0.571. The van der Waals surface area contributed by atoms with Crippen LogP contribution in [0.4, 0.5) is 0 Å². The van der Waals surface area contributed by atoms with Crippen LogP contribution >= 0.6 is 0 Å². The second-order valence-electron chi connectivity index (χ2n) is 5.32. The molecule has 1 saturated carbocycles. The van der Waals surface area contributed by atoms with Crippen molar-refractivity contribution in [2.45, 2.75) is 39.5 Å². The van der Waals surface area contributed by atoms with Gasteiger partial charge in [-0.3, -0.25) is 0 Å². The smallest absolute Gasteiger partial charge is 0.159 e. The summed E-state index contributed by atoms with van der Waals surface area (Å²) in [6.07, 6.45) is 1.79. The molecule has 3 rings (SSSR count). The molecule has 2 aromatic rings. The molecule has 0 amide bonds. The highest BCUT2D eigenvalue weighted by atomic mass is 16.3. The Balaban J connectivity index is 2.02. The van der Waals surface area contributed by atoms with E-state index in [1.54, 1.807) is 4.68 Å². The lowest BCUT2D eigenvalue weighted by Crippen LogP contribution is -2.08. The van der Waals surface area contributed by atoms with Crippen molar-refractivity contribution in [1.29, 1.82) is 0 Å². The Bertz CT molecular complexity index is 636. The first-order valence-corrected chi connectivity index (χ1v) is 7.01. The van der Waals surface area contributed by atoms with Crippen molar-refractivity contribution < 1.29 is 5.11 Å². The van der Waals surface area contributed by atoms with Crippen molar-refractivity contribution in [2.75, 3.05) is 6.61 Å². The second kappa shape index (κ2) is 4.94. The molecule has 0 radical (unpaired) electrons. The fourth-order valence-electron chi connectivity index (χ4n) is 2.51. The number of hydrogen-bond donors (Lipinski definition) is 1. The first-order valence-electron chi connectivity index (χ1n) is 7.01. The van der Waals surface area contributed by atoms with E-state index in [4.69, 9.17) is 0 Å². The summed E-state index contributed by atoms with van der Waals surface area (Å²) in [5.41, 5.74) is 1.01. The van der Waals surface area contributed by atoms with E-state index < -0.39 is 0 Å². The zero-order valence-corrected chi connectivity index (χ0v) is 12.0. The third-order valence-corrected chi connectivity index (χ3v) is 3.72. The van der Waals surface area contributed by atoms with Crippen LogP contribution < -0.4 is 0 Å². The van der Waals surface area contributed by atoms with Crippen LogP contribution in [0.3, 0.4) is 0 Å². The van der Waals surface area contributed by atoms with Crippen LogP contribution in [0.2, 0.25) is 0 Å². The molecule has 6 heteroatoms. The Morgan fingerprint density at radius 3 is 2.65 bits per heavy atom. The molecular weight excluding hydrogens is 254 g/mol. The summed E-state index contributed by atoms with van der Waals surface area (Å²) in [4.78, 5) is 13.5. The van der Waals surface area contributed by atoms with Crippen LogP contribution in [0.25, 0.3) is 5.82 Å². The Hall–Kier alpha value is -1.82. The van der Waals surface area contributed by atoms with Gasteiger partial charge in [-0.1, -0.05) is 6.92 Å². The molecule has 0 aliphatic heterocycles. The van der Waals surface area contributed by atoms with Crippen LogP contribution in [0, 0.1) is 19.8 Å². The number of aliphatic hydroxyl groups is 1. The Kier molecular flexibility index (Phi) is 3.25. The normalized spacial score (nSPS) is 21.2. The van der Waals surface area contributed by atoms with Crippen LogP contribution in [-0.2, 0) is 6.42 Å². The zero-order valence-electron chi connectivity index (χ0n) is 12.0. The average Bonchev–Trinajstić information content (AvgIpc) is 3.16. The summed E-state index contributed by atoms with van der Waals surface area (Å²) in [6.45, 7) is 6.06. The van der Waals surface area contributed by atoms with Crippen LogP contribution in [0.15, 0.2) is 6.07 Å². The monoisotopic (exact) mass is 273 g/mol. The number of aliphatic hydroxyl groups excluding tert-OH is 1. The molecular formula is C14H19N5O. The van der Waals surface area contributed by atoms with Crippen LogP contribution in [0.5, 0.6) is 0 Å². The van der Waals surface area contributed by atoms with Crippen molar-refractivity contribution in [2.24, 2.45) is 5.92 Å². The van der Waals surface area contributed by atoms with Gasteiger partial charge in [-0.2, -0.15) is 4.68 Å². The topological polar surface area (TPSA) is 76.7 Å². The molecule has 0 saturated heterocycles. The lowest BCUT2D eigenvalue weighted by Gasteiger charge is -2.07. The quantitative estimate of drug-likeness (QED) is 0.909. The lowest BCUT2D eigenvalue weighted by atomic mass is 10.2. The first kappa shape index (κ1) is 13.2. The van der Waals surface area contributed by atoms with Gasteiger partial charge < -0.3 is 5.11 Å². The largest absolute Gasteiger partial charge is 0.396 e. The van der Waals surface area contributed by atoms with Crippen molar-refractivity contribution in [3.63, 3.8) is 0 Å². The van der Waals surface area contributed by atoms with Crippen LogP contribution in [0.1, 0.15) is 42.4 Å². The minimum Gasteiger partial charge on any atom is -0.396 e. The highest BCUT2D eigenvalue weighted by Gasteiger charge is 2.39. The standard InChI is InChI=1S/C14H19N5O/c1-4-13-16-12(11-5-10(11)7-20)6-14(17-13)19-9(3)15-8(2)18-19/h6,10-11,20H,4-5,7H2,1-3H3/t10-,11?/m1/s1. The van der Waals surface area contributed by atoms with Gasteiger partial charge in [-0.25, -0.2) is 15.0 Å². The van der Waals surface area contributed by atoms with Gasteiger partial charge in [0.25, 0.3) is 0 Å². The molecule has 2 heterocycles. The highest BCUT2D eigenvalue weighted by Crippen LogP contribution is 2.46. The molecule has 1 fully saturated rings. The van der Waals surface area contributed by atoms with Gasteiger partial charge in [-0.15, -0.1) is 5.10 Å². The maximum absolute atomic E-state index is 9.23. The van der Waals surface area contributed by atoms with Crippen molar-refractivity contribution in [1.82, 2.24) is 24.7 Å². The van der Waals surface area contributed by atoms with E-state index in [0.717, 1.165) is 41.8 Å². The number of nitrogens with zero attached hydrogens (tertiary/aromatic N) is 5. The van der Waals surface area contributed by atoms with Gasteiger partial charge >= 0.3 is 0 Å². The minimum atomic E-state index is 0.229. The van der Waals surface area contributed by atoms with Gasteiger partial charge in [0, 0.05) is 30.7 Å². The van der Waals surface area contributed by atoms with Gasteiger partial charge in [-0.05, 0) is 26.2 Å². The number of rotatable bonds is 4. The summed E-state index contributed by atoms with van der Waals surface area (Å²) in [6, 6.07) is 1.97. The maximum Gasteiger partial charge on any atom is 0.159 e. The molecule has 1 N–H and O–H groups in total. The third-order valence-electron chi connectivity index (χ3n) is 3.72. The fourth-order valence-corrected chi connectivity index (χ4v) is 2.51. The number of aryl methyl sites for hydroxylation is 3. The summed E-state index contributed by atoms with van der Waals surface area (Å²) in [7, 11) is 0. The minimum absolute atomic E-state index is 0.229. The molecule has 1 aliphatic carbocycles. The summed E-state index contributed by atoms with van der Waals surface area (Å²) in [5, 5.41) is 13.6. The molecule has 0 aromatic carbocycles. The molecule has 1 unspecified atom stereocenters. The van der Waals surface area contributed by atoms with E-state index in [1.165, 1.54) is 0 Å². The number of aromatic nitrogens is 5. The number of hydrogen-bond acceptors (Lipinski definition) is 5. The molecule has 20 heavy (non-hydrogen) atoms. The zero-order chi connectivity index (χ0) is 14.3. The molecule has 2 aromatic heterocycles. The van der Waals surface area contributed by atoms with Gasteiger partial charge in [0.15, 0.2) is 5.82 Å². The Labute approximate surface area is 117 Å². The van der Waals surface area contributed by atoms with Crippen molar-refractivity contribution in [3.05, 3.63) is 29.2 Å². The van der Waals surface area contributed by atoms with Crippen LogP contribution in [-0.4, -0.2) is 36.4 Å². The third kappa shape index (κ3) is 2.31. The first-order chi connectivity index (χ1) is 9.62. The SMILES string of the molecule is CCc1nc(C2C[C@@H]2CO)cc(-n2nc(C)nc2C)n1. The lowest BCUT2D eigenvalue weighted by molar-refractivity contribution is 0.273. The second-order valence-corrected chi connectivity index (χ2v) is 5.32. The molecule has 0 spiro atoms. The van der Waals surface area contributed by atoms with E-state index in [1.807, 2.05) is 26.8 Å². The Morgan fingerprint density at radius 2 is 2.10 bits per heavy atom. The Morgan fingerprint density at radius 1 is 1.30 bits per heavy atom. The van der Waals surface area contributed by atoms with Gasteiger partial charge in [0.2, 0.25) is 0 Å². The van der Waals surface area contributed by atoms with E-state index in [2.05, 4.69) is 20.1 Å².